The molecule has 3 N–H and O–H groups in total. The van der Waals surface area contributed by atoms with Crippen molar-refractivity contribution in [1.29, 1.82) is 0 Å². The fourth-order valence-electron chi connectivity index (χ4n) is 1.42. The lowest BCUT2D eigenvalue weighted by molar-refractivity contribution is -0.136. The molecule has 8 heteroatoms. The third kappa shape index (κ3) is 5.17. The first-order chi connectivity index (χ1) is 9.30. The molecule has 0 aliphatic carbocycles. The van der Waals surface area contributed by atoms with Crippen molar-refractivity contribution in [3.8, 4) is 0 Å². The summed E-state index contributed by atoms with van der Waals surface area (Å²) < 4.78 is 38.0. The summed E-state index contributed by atoms with van der Waals surface area (Å²) in [5.41, 5.74) is -1.24. The number of hydrogen-bond donors (Lipinski definition) is 3. The molecular weight excluding hydrogens is 275 g/mol. The number of rotatable bonds is 4. The van der Waals surface area contributed by atoms with Gasteiger partial charge in [0.25, 0.3) is 0 Å². The van der Waals surface area contributed by atoms with Gasteiger partial charge in [0.05, 0.1) is 11.3 Å². The van der Waals surface area contributed by atoms with Crippen molar-refractivity contribution in [2.24, 2.45) is 0 Å². The zero-order valence-electron chi connectivity index (χ0n) is 10.7. The normalized spacial score (nSPS) is 10.8. The average molecular weight is 289 g/mol. The highest BCUT2D eigenvalue weighted by Crippen LogP contribution is 2.34. The Morgan fingerprint density at radius 1 is 1.10 bits per heavy atom. The van der Waals surface area contributed by atoms with Gasteiger partial charge < -0.3 is 16.0 Å². The van der Waals surface area contributed by atoms with Gasteiger partial charge in [0, 0.05) is 20.0 Å². The highest BCUT2D eigenvalue weighted by atomic mass is 19.4. The molecule has 0 fully saturated rings. The van der Waals surface area contributed by atoms with Crippen LogP contribution in [0.2, 0.25) is 0 Å². The minimum absolute atomic E-state index is 0.111. The van der Waals surface area contributed by atoms with Gasteiger partial charge in [-0.25, -0.2) is 4.79 Å². The second-order valence-electron chi connectivity index (χ2n) is 3.91. The molecule has 3 amide bonds. The summed E-state index contributed by atoms with van der Waals surface area (Å²) in [6, 6.07) is 3.90. The lowest BCUT2D eigenvalue weighted by Crippen LogP contribution is -2.36. The SMILES string of the molecule is CC(=O)NCCNC(=O)Nc1ccccc1C(F)(F)F. The summed E-state index contributed by atoms with van der Waals surface area (Å²) >= 11 is 0. The van der Waals surface area contributed by atoms with E-state index in [1.54, 1.807) is 0 Å². The highest BCUT2D eigenvalue weighted by molar-refractivity contribution is 5.90. The van der Waals surface area contributed by atoms with E-state index < -0.39 is 17.8 Å². The topological polar surface area (TPSA) is 70.2 Å². The van der Waals surface area contributed by atoms with Gasteiger partial charge in [-0.15, -0.1) is 0 Å². The summed E-state index contributed by atoms with van der Waals surface area (Å²) in [7, 11) is 0. The maximum Gasteiger partial charge on any atom is 0.418 e. The van der Waals surface area contributed by atoms with Crippen LogP contribution in [0.4, 0.5) is 23.7 Å². The predicted octanol–water partition coefficient (Wildman–Crippen LogP) is 1.96. The maximum atomic E-state index is 12.7. The van der Waals surface area contributed by atoms with Crippen LogP contribution in [0.5, 0.6) is 0 Å². The maximum absolute atomic E-state index is 12.7. The number of hydrogen-bond acceptors (Lipinski definition) is 2. The Morgan fingerprint density at radius 3 is 2.30 bits per heavy atom. The lowest BCUT2D eigenvalue weighted by Gasteiger charge is -2.14. The molecule has 0 aliphatic heterocycles. The average Bonchev–Trinajstić information content (AvgIpc) is 2.34. The standard InChI is InChI=1S/C12H14F3N3O2/c1-8(19)16-6-7-17-11(20)18-10-5-3-2-4-9(10)12(13,14)15/h2-5H,6-7H2,1H3,(H,16,19)(H2,17,18,20). The number of alkyl halides is 3. The number of carbonyl (C=O) groups is 2. The zero-order chi connectivity index (χ0) is 15.2. The number of para-hydroxylation sites is 1. The van der Waals surface area contributed by atoms with E-state index in [1.807, 2.05) is 0 Å². The highest BCUT2D eigenvalue weighted by Gasteiger charge is 2.33. The number of benzene rings is 1. The van der Waals surface area contributed by atoms with Crippen molar-refractivity contribution in [2.45, 2.75) is 13.1 Å². The second-order valence-corrected chi connectivity index (χ2v) is 3.91. The summed E-state index contributed by atoms with van der Waals surface area (Å²) in [5, 5.41) is 6.89. The summed E-state index contributed by atoms with van der Waals surface area (Å²) in [5.74, 6) is -0.255. The van der Waals surface area contributed by atoms with Crippen LogP contribution in [-0.2, 0) is 11.0 Å². The molecule has 1 rings (SSSR count). The Morgan fingerprint density at radius 2 is 1.70 bits per heavy atom. The van der Waals surface area contributed by atoms with Crippen LogP contribution >= 0.6 is 0 Å². The van der Waals surface area contributed by atoms with E-state index in [-0.39, 0.29) is 24.7 Å². The first kappa shape index (κ1) is 15.8. The van der Waals surface area contributed by atoms with E-state index in [2.05, 4.69) is 16.0 Å². The predicted molar refractivity (Wildman–Crippen MR) is 67.1 cm³/mol. The number of amides is 3. The van der Waals surface area contributed by atoms with E-state index in [0.29, 0.717) is 0 Å². The van der Waals surface area contributed by atoms with Crippen molar-refractivity contribution < 1.29 is 22.8 Å². The van der Waals surface area contributed by atoms with Gasteiger partial charge in [0.15, 0.2) is 0 Å². The number of urea groups is 1. The summed E-state index contributed by atoms with van der Waals surface area (Å²) in [6.07, 6.45) is -4.54. The molecular formula is C12H14F3N3O2. The minimum Gasteiger partial charge on any atom is -0.355 e. The fourth-order valence-corrected chi connectivity index (χ4v) is 1.42. The fraction of sp³-hybridized carbons (Fsp3) is 0.333. The molecule has 0 atom stereocenters. The molecule has 0 saturated heterocycles. The van der Waals surface area contributed by atoms with Gasteiger partial charge in [-0.05, 0) is 12.1 Å². The van der Waals surface area contributed by atoms with Crippen molar-refractivity contribution >= 4 is 17.6 Å². The number of halogens is 3. The van der Waals surface area contributed by atoms with Crippen LogP contribution in [0.1, 0.15) is 12.5 Å². The smallest absolute Gasteiger partial charge is 0.355 e. The van der Waals surface area contributed by atoms with Gasteiger partial charge >= 0.3 is 12.2 Å². The van der Waals surface area contributed by atoms with Crippen LogP contribution in [0.15, 0.2) is 24.3 Å². The molecule has 20 heavy (non-hydrogen) atoms. The molecule has 0 radical (unpaired) electrons. The minimum atomic E-state index is -4.54. The van der Waals surface area contributed by atoms with Gasteiger partial charge in [-0.2, -0.15) is 13.2 Å². The van der Waals surface area contributed by atoms with E-state index >= 15 is 0 Å². The van der Waals surface area contributed by atoms with Crippen molar-refractivity contribution in [3.05, 3.63) is 29.8 Å². The molecule has 0 bridgehead atoms. The Hall–Kier alpha value is -2.25. The third-order valence-corrected chi connectivity index (χ3v) is 2.27. The van der Waals surface area contributed by atoms with Crippen molar-refractivity contribution in [2.75, 3.05) is 18.4 Å². The van der Waals surface area contributed by atoms with Crippen LogP contribution < -0.4 is 16.0 Å². The molecule has 0 spiro atoms. The van der Waals surface area contributed by atoms with Gasteiger partial charge in [-0.1, -0.05) is 12.1 Å². The Bertz CT molecular complexity index is 489. The first-order valence-corrected chi connectivity index (χ1v) is 5.76. The molecule has 0 heterocycles. The molecule has 5 nitrogen and oxygen atoms in total. The van der Waals surface area contributed by atoms with E-state index in [9.17, 15) is 22.8 Å². The Labute approximate surface area is 113 Å². The van der Waals surface area contributed by atoms with Gasteiger partial charge in [-0.3, -0.25) is 4.79 Å². The van der Waals surface area contributed by atoms with Crippen molar-refractivity contribution in [1.82, 2.24) is 10.6 Å². The molecule has 0 saturated carbocycles. The Kier molecular flexibility index (Phi) is 5.36. The van der Waals surface area contributed by atoms with Gasteiger partial charge in [0.2, 0.25) is 5.91 Å². The first-order valence-electron chi connectivity index (χ1n) is 5.76. The van der Waals surface area contributed by atoms with Crippen LogP contribution in [-0.4, -0.2) is 25.0 Å². The lowest BCUT2D eigenvalue weighted by atomic mass is 10.1. The third-order valence-electron chi connectivity index (χ3n) is 2.27. The molecule has 110 valence electrons. The van der Waals surface area contributed by atoms with Gasteiger partial charge in [0.1, 0.15) is 0 Å². The van der Waals surface area contributed by atoms with E-state index in [0.717, 1.165) is 12.1 Å². The molecule has 0 unspecified atom stereocenters. The molecule has 0 aromatic heterocycles. The van der Waals surface area contributed by atoms with E-state index in [4.69, 9.17) is 0 Å². The largest absolute Gasteiger partial charge is 0.418 e. The molecule has 0 aliphatic rings. The van der Waals surface area contributed by atoms with Crippen LogP contribution in [0.25, 0.3) is 0 Å². The van der Waals surface area contributed by atoms with Crippen LogP contribution in [0, 0.1) is 0 Å². The second kappa shape index (κ2) is 6.78. The van der Waals surface area contributed by atoms with E-state index in [1.165, 1.54) is 19.1 Å². The molecule has 1 aromatic carbocycles. The summed E-state index contributed by atoms with van der Waals surface area (Å²) in [6.45, 7) is 1.63. The zero-order valence-corrected chi connectivity index (χ0v) is 10.7. The number of nitrogens with one attached hydrogen (secondary N) is 3. The monoisotopic (exact) mass is 289 g/mol. The summed E-state index contributed by atoms with van der Waals surface area (Å²) in [4.78, 5) is 22.0. The number of anilines is 1. The number of carbonyl (C=O) groups excluding carboxylic acids is 2. The van der Waals surface area contributed by atoms with Crippen LogP contribution in [0.3, 0.4) is 0 Å². The molecule has 1 aromatic rings. The van der Waals surface area contributed by atoms with Crippen molar-refractivity contribution in [3.63, 3.8) is 0 Å². The quantitative estimate of drug-likeness (QED) is 0.742. The Balaban J connectivity index is 2.56.